The van der Waals surface area contributed by atoms with Crippen LogP contribution in [0, 0.1) is 5.82 Å². The monoisotopic (exact) mass is 433 g/mol. The molecule has 162 valence electrons. The average molecular weight is 433 g/mol. The van der Waals surface area contributed by atoms with Crippen molar-refractivity contribution in [3.8, 4) is 11.3 Å². The Bertz CT molecular complexity index is 1380. The van der Waals surface area contributed by atoms with Crippen molar-refractivity contribution < 1.29 is 9.18 Å². The van der Waals surface area contributed by atoms with E-state index in [9.17, 15) is 18.8 Å². The molecule has 2 aromatic heterocycles. The van der Waals surface area contributed by atoms with Crippen molar-refractivity contribution in [1.29, 1.82) is 0 Å². The highest BCUT2D eigenvalue weighted by molar-refractivity contribution is 5.77. The molecule has 4 aromatic rings. The average Bonchev–Trinajstić information content (AvgIpc) is 2.80. The molecule has 0 saturated carbocycles. The van der Waals surface area contributed by atoms with E-state index in [1.54, 1.807) is 36.4 Å². The molecular weight excluding hydrogens is 413 g/mol. The van der Waals surface area contributed by atoms with Crippen molar-refractivity contribution in [1.82, 2.24) is 24.6 Å². The lowest BCUT2D eigenvalue weighted by atomic mass is 10.1. The number of nitrogens with zero attached hydrogens (tertiary/aromatic N) is 4. The molecule has 0 saturated heterocycles. The third-order valence-electron chi connectivity index (χ3n) is 4.96. The molecule has 0 aliphatic heterocycles. The van der Waals surface area contributed by atoms with Crippen molar-refractivity contribution in [2.24, 2.45) is 0 Å². The minimum Gasteiger partial charge on any atom is -0.354 e. The SMILES string of the molecule is O=C(CCn1cnc2ccccc2c1=O)NCCn1nc(-c2ccc(F)cc2)ccc1=O. The number of halogens is 1. The van der Waals surface area contributed by atoms with Crippen LogP contribution in [0.1, 0.15) is 6.42 Å². The largest absolute Gasteiger partial charge is 0.354 e. The number of carbonyl (C=O) groups excluding carboxylic acids is 1. The topological polar surface area (TPSA) is 98.9 Å². The van der Waals surface area contributed by atoms with E-state index in [0.717, 1.165) is 0 Å². The number of fused-ring (bicyclic) bond motifs is 1. The van der Waals surface area contributed by atoms with Crippen LogP contribution in [0.5, 0.6) is 0 Å². The van der Waals surface area contributed by atoms with Crippen LogP contribution in [-0.2, 0) is 17.9 Å². The quantitative estimate of drug-likeness (QED) is 0.481. The van der Waals surface area contributed by atoms with Crippen molar-refractivity contribution >= 4 is 16.8 Å². The lowest BCUT2D eigenvalue weighted by molar-refractivity contribution is -0.121. The molecule has 32 heavy (non-hydrogen) atoms. The maximum atomic E-state index is 13.1. The zero-order valence-electron chi connectivity index (χ0n) is 17.1. The summed E-state index contributed by atoms with van der Waals surface area (Å²) in [6.07, 6.45) is 1.53. The zero-order chi connectivity index (χ0) is 22.5. The number of rotatable bonds is 7. The van der Waals surface area contributed by atoms with E-state index in [0.29, 0.717) is 22.2 Å². The van der Waals surface area contributed by atoms with Crippen LogP contribution in [0.25, 0.3) is 22.2 Å². The molecule has 1 N–H and O–H groups in total. The molecule has 0 bridgehead atoms. The van der Waals surface area contributed by atoms with E-state index < -0.39 is 0 Å². The predicted molar refractivity (Wildman–Crippen MR) is 118 cm³/mol. The molecular formula is C23H20FN5O3. The van der Waals surface area contributed by atoms with Gasteiger partial charge in [-0.15, -0.1) is 0 Å². The van der Waals surface area contributed by atoms with Crippen molar-refractivity contribution in [3.63, 3.8) is 0 Å². The molecule has 2 aromatic carbocycles. The standard InChI is InChI=1S/C23H20FN5O3/c24-17-7-5-16(6-8-17)19-9-10-22(31)29(27-19)14-12-25-21(30)11-13-28-15-26-20-4-2-1-3-18(20)23(28)32/h1-10,15H,11-14H2,(H,25,30). The van der Waals surface area contributed by atoms with Gasteiger partial charge in [0.15, 0.2) is 0 Å². The molecule has 0 unspecified atom stereocenters. The van der Waals surface area contributed by atoms with Crippen LogP contribution < -0.4 is 16.4 Å². The maximum Gasteiger partial charge on any atom is 0.266 e. The molecule has 9 heteroatoms. The lowest BCUT2D eigenvalue weighted by Gasteiger charge is -2.09. The van der Waals surface area contributed by atoms with Crippen LogP contribution in [0.3, 0.4) is 0 Å². The number of nitrogens with one attached hydrogen (secondary N) is 1. The smallest absolute Gasteiger partial charge is 0.266 e. The highest BCUT2D eigenvalue weighted by Crippen LogP contribution is 2.15. The van der Waals surface area contributed by atoms with E-state index in [1.165, 1.54) is 33.8 Å². The van der Waals surface area contributed by atoms with E-state index in [4.69, 9.17) is 0 Å². The lowest BCUT2D eigenvalue weighted by Crippen LogP contribution is -2.33. The van der Waals surface area contributed by atoms with Gasteiger partial charge in [0.05, 0.1) is 29.5 Å². The Balaban J connectivity index is 1.34. The second-order valence-electron chi connectivity index (χ2n) is 7.15. The molecule has 4 rings (SSSR count). The first kappa shape index (κ1) is 21.1. The molecule has 0 aliphatic carbocycles. The zero-order valence-corrected chi connectivity index (χ0v) is 17.1. The molecule has 0 spiro atoms. The highest BCUT2D eigenvalue weighted by atomic mass is 19.1. The summed E-state index contributed by atoms with van der Waals surface area (Å²) in [5, 5.41) is 7.51. The number of carbonyl (C=O) groups is 1. The maximum absolute atomic E-state index is 13.1. The Morgan fingerprint density at radius 2 is 1.75 bits per heavy atom. The van der Waals surface area contributed by atoms with E-state index in [-0.39, 0.29) is 48.9 Å². The number of benzene rings is 2. The Kier molecular flexibility index (Phi) is 6.16. The summed E-state index contributed by atoms with van der Waals surface area (Å²) < 4.78 is 15.8. The van der Waals surface area contributed by atoms with Gasteiger partial charge in [-0.05, 0) is 42.5 Å². The van der Waals surface area contributed by atoms with Gasteiger partial charge in [0.25, 0.3) is 11.1 Å². The number of amides is 1. The van der Waals surface area contributed by atoms with Crippen LogP contribution in [0.2, 0.25) is 0 Å². The molecule has 0 aliphatic rings. The number of aryl methyl sites for hydroxylation is 1. The van der Waals surface area contributed by atoms with Gasteiger partial charge >= 0.3 is 0 Å². The second kappa shape index (κ2) is 9.34. The third-order valence-corrected chi connectivity index (χ3v) is 4.96. The fourth-order valence-electron chi connectivity index (χ4n) is 3.26. The highest BCUT2D eigenvalue weighted by Gasteiger charge is 2.08. The Morgan fingerprint density at radius 1 is 0.969 bits per heavy atom. The minimum atomic E-state index is -0.355. The van der Waals surface area contributed by atoms with E-state index in [2.05, 4.69) is 15.4 Å². The number of hydrogen-bond acceptors (Lipinski definition) is 5. The van der Waals surface area contributed by atoms with Gasteiger partial charge in [0, 0.05) is 31.1 Å². The van der Waals surface area contributed by atoms with Crippen LogP contribution in [0.4, 0.5) is 4.39 Å². The van der Waals surface area contributed by atoms with Gasteiger partial charge in [-0.2, -0.15) is 5.10 Å². The van der Waals surface area contributed by atoms with Gasteiger partial charge in [-0.3, -0.25) is 19.0 Å². The first-order chi connectivity index (χ1) is 15.5. The first-order valence-corrected chi connectivity index (χ1v) is 10.1. The van der Waals surface area contributed by atoms with Gasteiger partial charge < -0.3 is 5.32 Å². The predicted octanol–water partition coefficient (Wildman–Crippen LogP) is 1.97. The van der Waals surface area contributed by atoms with Crippen molar-refractivity contribution in [2.45, 2.75) is 19.5 Å². The molecule has 0 atom stereocenters. The Hall–Kier alpha value is -4.14. The second-order valence-corrected chi connectivity index (χ2v) is 7.15. The fourth-order valence-corrected chi connectivity index (χ4v) is 3.26. The Labute approximate surface area is 182 Å². The number of para-hydroxylation sites is 1. The summed E-state index contributed by atoms with van der Waals surface area (Å²) in [5.41, 5.74) is 1.31. The summed E-state index contributed by atoms with van der Waals surface area (Å²) >= 11 is 0. The van der Waals surface area contributed by atoms with E-state index >= 15 is 0 Å². The van der Waals surface area contributed by atoms with Crippen molar-refractivity contribution in [2.75, 3.05) is 6.54 Å². The number of aromatic nitrogens is 4. The fraction of sp³-hybridized carbons (Fsp3) is 0.174. The molecule has 2 heterocycles. The normalized spacial score (nSPS) is 10.9. The summed E-state index contributed by atoms with van der Waals surface area (Å²) in [5.74, 6) is -0.612. The summed E-state index contributed by atoms with van der Waals surface area (Å²) in [6, 6.07) is 15.8. The van der Waals surface area contributed by atoms with Gasteiger partial charge in [0.1, 0.15) is 5.82 Å². The molecule has 0 radical (unpaired) electrons. The van der Waals surface area contributed by atoms with Gasteiger partial charge in [-0.25, -0.2) is 14.1 Å². The van der Waals surface area contributed by atoms with Gasteiger partial charge in [0.2, 0.25) is 5.91 Å². The van der Waals surface area contributed by atoms with Gasteiger partial charge in [-0.1, -0.05) is 12.1 Å². The summed E-state index contributed by atoms with van der Waals surface area (Å²) in [4.78, 5) is 41.0. The minimum absolute atomic E-state index is 0.0951. The molecule has 0 fully saturated rings. The number of hydrogen-bond donors (Lipinski definition) is 1. The first-order valence-electron chi connectivity index (χ1n) is 10.1. The third kappa shape index (κ3) is 4.77. The van der Waals surface area contributed by atoms with E-state index in [1.807, 2.05) is 6.07 Å². The summed E-state index contributed by atoms with van der Waals surface area (Å²) in [6.45, 7) is 0.571. The molecule has 8 nitrogen and oxygen atoms in total. The summed E-state index contributed by atoms with van der Waals surface area (Å²) in [7, 11) is 0. The van der Waals surface area contributed by atoms with Crippen molar-refractivity contribution in [3.05, 3.63) is 93.5 Å². The Morgan fingerprint density at radius 3 is 2.56 bits per heavy atom. The van der Waals surface area contributed by atoms with Crippen LogP contribution >= 0.6 is 0 Å². The molecule has 1 amide bonds. The van der Waals surface area contributed by atoms with Crippen LogP contribution in [0.15, 0.2) is 76.6 Å². The van der Waals surface area contributed by atoms with Crippen LogP contribution in [-0.4, -0.2) is 31.8 Å².